The van der Waals surface area contributed by atoms with Crippen molar-refractivity contribution in [3.8, 4) is 0 Å². The van der Waals surface area contributed by atoms with E-state index < -0.39 is 12.0 Å². The third kappa shape index (κ3) is 6.12. The number of benzene rings is 2. The molecule has 0 radical (unpaired) electrons. The van der Waals surface area contributed by atoms with E-state index in [0.717, 1.165) is 16.7 Å². The first-order valence-electron chi connectivity index (χ1n) is 8.22. The van der Waals surface area contributed by atoms with Crippen molar-refractivity contribution < 1.29 is 39.5 Å². The molecule has 0 saturated carbocycles. The maximum absolute atomic E-state index is 10.9. The molecule has 0 heterocycles. The number of nitrogens with two attached hydrogens (primary N) is 1. The molecule has 2 N–H and O–H groups in total. The third-order valence-electron chi connectivity index (χ3n) is 4.13. The monoisotopic (exact) mass is 345 g/mol. The van der Waals surface area contributed by atoms with E-state index in [1.807, 2.05) is 37.3 Å². The maximum Gasteiger partial charge on any atom is 1.00 e. The summed E-state index contributed by atoms with van der Waals surface area (Å²) in [5.41, 5.74) is 11.1. The van der Waals surface area contributed by atoms with E-state index in [4.69, 9.17) is 5.73 Å². The Kier molecular flexibility index (Phi) is 8.60. The number of hydrogen-bond acceptors (Lipinski definition) is 3. The summed E-state index contributed by atoms with van der Waals surface area (Å²) < 4.78 is 0. The van der Waals surface area contributed by atoms with Gasteiger partial charge in [0.25, 0.3) is 0 Å². The first kappa shape index (κ1) is 21.7. The summed E-state index contributed by atoms with van der Waals surface area (Å²) in [6.07, 6.45) is 2.12. The average Bonchev–Trinajstić information content (AvgIpc) is 2.56. The molecule has 25 heavy (non-hydrogen) atoms. The minimum atomic E-state index is -1.23. The van der Waals surface area contributed by atoms with Crippen LogP contribution >= 0.6 is 0 Å². The van der Waals surface area contributed by atoms with Gasteiger partial charge in [-0.05, 0) is 41.5 Å². The number of carboxylic acids is 1. The molecule has 2 aromatic rings. The molecule has 126 valence electrons. The van der Waals surface area contributed by atoms with E-state index in [-0.39, 0.29) is 36.0 Å². The van der Waals surface area contributed by atoms with Gasteiger partial charge in [-0.25, -0.2) is 0 Å². The van der Waals surface area contributed by atoms with Crippen LogP contribution in [0.5, 0.6) is 0 Å². The topological polar surface area (TPSA) is 66.2 Å². The molecule has 1 atom stereocenters. The molecule has 2 rings (SSSR count). The summed E-state index contributed by atoms with van der Waals surface area (Å²) in [7, 11) is 0. The zero-order valence-corrected chi connectivity index (χ0v) is 17.5. The van der Waals surface area contributed by atoms with Gasteiger partial charge in [0.1, 0.15) is 0 Å². The number of carboxylic acid groups (broad SMARTS) is 1. The summed E-state index contributed by atoms with van der Waals surface area (Å²) in [6, 6.07) is 15.6. The summed E-state index contributed by atoms with van der Waals surface area (Å²) in [5, 5.41) is 10.9. The van der Waals surface area contributed by atoms with Crippen LogP contribution in [-0.4, -0.2) is 12.0 Å². The van der Waals surface area contributed by atoms with Gasteiger partial charge in [-0.2, -0.15) is 0 Å². The van der Waals surface area contributed by atoms with Crippen LogP contribution in [0.25, 0.3) is 5.57 Å². The predicted octanol–water partition coefficient (Wildman–Crippen LogP) is 0.0214. The van der Waals surface area contributed by atoms with Gasteiger partial charge in [-0.15, -0.1) is 0 Å². The summed E-state index contributed by atoms with van der Waals surface area (Å²) >= 11 is 0. The second-order valence-electron chi connectivity index (χ2n) is 6.42. The van der Waals surface area contributed by atoms with Crippen molar-refractivity contribution in [2.75, 3.05) is 0 Å². The van der Waals surface area contributed by atoms with E-state index in [2.05, 4.69) is 38.1 Å². The van der Waals surface area contributed by atoms with Gasteiger partial charge in [0.05, 0.1) is 5.97 Å². The van der Waals surface area contributed by atoms with Gasteiger partial charge in [0.2, 0.25) is 0 Å². The summed E-state index contributed by atoms with van der Waals surface area (Å²) in [4.78, 5) is 10.9. The molecule has 0 aliphatic rings. The normalized spacial score (nSPS) is 12.6. The molecule has 0 bridgehead atoms. The zero-order valence-electron chi connectivity index (χ0n) is 15.5. The maximum atomic E-state index is 10.9. The van der Waals surface area contributed by atoms with Gasteiger partial charge < -0.3 is 15.6 Å². The Balaban J connectivity index is 0.00000312. The second-order valence-corrected chi connectivity index (χ2v) is 6.42. The van der Waals surface area contributed by atoms with Crippen LogP contribution in [0.15, 0.2) is 54.6 Å². The van der Waals surface area contributed by atoms with Crippen molar-refractivity contribution in [1.82, 2.24) is 0 Å². The van der Waals surface area contributed by atoms with Crippen LogP contribution in [0.1, 0.15) is 48.4 Å². The SMILES string of the molecule is Cc1ccc(C(=CCC(N)C(=O)[O-])c2ccc(C(C)C)cc2)cc1.[Na+]. The van der Waals surface area contributed by atoms with Gasteiger partial charge in [0, 0.05) is 6.04 Å². The summed E-state index contributed by atoms with van der Waals surface area (Å²) in [6.45, 7) is 6.35. The van der Waals surface area contributed by atoms with Crippen molar-refractivity contribution in [3.63, 3.8) is 0 Å². The fraction of sp³-hybridized carbons (Fsp3) is 0.286. The second kappa shape index (κ2) is 9.93. The molecule has 0 aliphatic heterocycles. The molecule has 1 unspecified atom stereocenters. The number of rotatable bonds is 6. The Hall–Kier alpha value is -1.39. The van der Waals surface area contributed by atoms with Crippen molar-refractivity contribution in [3.05, 3.63) is 76.9 Å². The largest absolute Gasteiger partial charge is 1.00 e. The molecule has 0 fully saturated rings. The summed E-state index contributed by atoms with van der Waals surface area (Å²) in [5.74, 6) is -0.762. The molecule has 0 amide bonds. The molecule has 4 heteroatoms. The minimum Gasteiger partial charge on any atom is -0.548 e. The quantitative estimate of drug-likeness (QED) is 0.751. The standard InChI is InChI=1S/C21H25NO2.Na/c1-14(2)16-8-10-18(11-9-16)19(12-13-20(22)21(23)24)17-6-4-15(3)5-7-17;/h4-12,14,20H,13,22H2,1-3H3,(H,23,24);/q;+1/p-1. The molecular weight excluding hydrogens is 321 g/mol. The van der Waals surface area contributed by atoms with Crippen LogP contribution in [-0.2, 0) is 4.79 Å². The van der Waals surface area contributed by atoms with E-state index in [0.29, 0.717) is 5.92 Å². The van der Waals surface area contributed by atoms with Crippen LogP contribution in [0.2, 0.25) is 0 Å². The molecule has 0 saturated heterocycles. The van der Waals surface area contributed by atoms with Crippen molar-refractivity contribution in [2.45, 2.75) is 39.2 Å². The Morgan fingerprint density at radius 2 is 1.52 bits per heavy atom. The van der Waals surface area contributed by atoms with Crippen LogP contribution in [0.3, 0.4) is 0 Å². The molecule has 0 spiro atoms. The van der Waals surface area contributed by atoms with E-state index in [9.17, 15) is 9.90 Å². The van der Waals surface area contributed by atoms with E-state index >= 15 is 0 Å². The van der Waals surface area contributed by atoms with Gasteiger partial charge in [-0.3, -0.25) is 0 Å². The Morgan fingerprint density at radius 3 is 1.96 bits per heavy atom. The first-order chi connectivity index (χ1) is 11.4. The van der Waals surface area contributed by atoms with Gasteiger partial charge in [0.15, 0.2) is 0 Å². The Morgan fingerprint density at radius 1 is 1.04 bits per heavy atom. The van der Waals surface area contributed by atoms with Crippen LogP contribution in [0, 0.1) is 6.92 Å². The molecule has 2 aromatic carbocycles. The number of carbonyl (C=O) groups excluding carboxylic acids is 1. The average molecular weight is 345 g/mol. The zero-order chi connectivity index (χ0) is 17.7. The van der Waals surface area contributed by atoms with Gasteiger partial charge in [-0.1, -0.05) is 74.0 Å². The molecular formula is C21H24NNaO2. The van der Waals surface area contributed by atoms with E-state index in [1.54, 1.807) is 0 Å². The smallest absolute Gasteiger partial charge is 0.548 e. The first-order valence-corrected chi connectivity index (χ1v) is 8.22. The van der Waals surface area contributed by atoms with Crippen LogP contribution in [0.4, 0.5) is 0 Å². The molecule has 0 aromatic heterocycles. The minimum absolute atomic E-state index is 0. The molecule has 3 nitrogen and oxygen atoms in total. The van der Waals surface area contributed by atoms with Gasteiger partial charge >= 0.3 is 29.6 Å². The molecule has 0 aliphatic carbocycles. The third-order valence-corrected chi connectivity index (χ3v) is 4.13. The van der Waals surface area contributed by atoms with E-state index in [1.165, 1.54) is 11.1 Å². The van der Waals surface area contributed by atoms with Crippen molar-refractivity contribution >= 4 is 11.5 Å². The van der Waals surface area contributed by atoms with Crippen molar-refractivity contribution in [2.24, 2.45) is 5.73 Å². The Bertz CT molecular complexity index is 719. The number of hydrogen-bond donors (Lipinski definition) is 1. The fourth-order valence-electron chi connectivity index (χ4n) is 2.52. The fourth-order valence-corrected chi connectivity index (χ4v) is 2.52. The van der Waals surface area contributed by atoms with Crippen molar-refractivity contribution in [1.29, 1.82) is 0 Å². The van der Waals surface area contributed by atoms with Crippen LogP contribution < -0.4 is 40.4 Å². The number of aliphatic carboxylic acids is 1. The number of carbonyl (C=O) groups is 1. The number of aryl methyl sites for hydroxylation is 1. The Labute approximate surface area is 172 Å². The predicted molar refractivity (Wildman–Crippen MR) is 96.4 cm³/mol.